The van der Waals surface area contributed by atoms with Gasteiger partial charge in [-0.05, 0) is 47.7 Å². The smallest absolute Gasteiger partial charge is 0.251 e. The first-order valence-corrected chi connectivity index (χ1v) is 7.90. The fourth-order valence-corrected chi connectivity index (χ4v) is 2.18. The Balaban J connectivity index is 1.67. The SMILES string of the molecule is CNC(=O)c1cccc(Oc2ccc(NC=C(C#N)c3nn[nH]n3)cc2)c1. The van der Waals surface area contributed by atoms with Crippen molar-refractivity contribution in [1.82, 2.24) is 25.9 Å². The average Bonchev–Trinajstić information content (AvgIpc) is 3.24. The molecule has 0 saturated heterocycles. The highest BCUT2D eigenvalue weighted by molar-refractivity contribution is 5.94. The molecule has 1 amide bonds. The van der Waals surface area contributed by atoms with Crippen molar-refractivity contribution in [2.45, 2.75) is 0 Å². The van der Waals surface area contributed by atoms with Gasteiger partial charge in [0.1, 0.15) is 23.1 Å². The number of hydrogen-bond donors (Lipinski definition) is 3. The predicted molar refractivity (Wildman–Crippen MR) is 97.7 cm³/mol. The van der Waals surface area contributed by atoms with Crippen LogP contribution in [0.2, 0.25) is 0 Å². The molecular weight excluding hydrogens is 346 g/mol. The van der Waals surface area contributed by atoms with Gasteiger partial charge in [-0.1, -0.05) is 6.07 Å². The van der Waals surface area contributed by atoms with Crippen molar-refractivity contribution in [3.05, 3.63) is 66.1 Å². The molecule has 0 bridgehead atoms. The Morgan fingerprint density at radius 3 is 2.70 bits per heavy atom. The van der Waals surface area contributed by atoms with Crippen LogP contribution >= 0.6 is 0 Å². The molecular formula is C18H15N7O2. The summed E-state index contributed by atoms with van der Waals surface area (Å²) in [5.41, 5.74) is 1.51. The van der Waals surface area contributed by atoms with Crippen molar-refractivity contribution in [3.8, 4) is 17.6 Å². The molecule has 0 saturated carbocycles. The number of benzene rings is 2. The number of nitrogens with zero attached hydrogens (tertiary/aromatic N) is 4. The Hall–Kier alpha value is -4.19. The summed E-state index contributed by atoms with van der Waals surface area (Å²) in [5, 5.41) is 27.9. The molecule has 0 radical (unpaired) electrons. The number of aromatic nitrogens is 4. The van der Waals surface area contributed by atoms with Crippen LogP contribution < -0.4 is 15.4 Å². The van der Waals surface area contributed by atoms with Gasteiger partial charge in [0.15, 0.2) is 0 Å². The van der Waals surface area contributed by atoms with Gasteiger partial charge >= 0.3 is 0 Å². The fourth-order valence-electron chi connectivity index (χ4n) is 2.18. The predicted octanol–water partition coefficient (Wildman–Crippen LogP) is 2.33. The first-order chi connectivity index (χ1) is 13.2. The van der Waals surface area contributed by atoms with Crippen molar-refractivity contribution < 1.29 is 9.53 Å². The van der Waals surface area contributed by atoms with Crippen LogP contribution in [0.25, 0.3) is 5.57 Å². The van der Waals surface area contributed by atoms with E-state index in [0.717, 1.165) is 5.69 Å². The van der Waals surface area contributed by atoms with Crippen LogP contribution in [0.3, 0.4) is 0 Å². The van der Waals surface area contributed by atoms with Gasteiger partial charge in [-0.2, -0.15) is 10.5 Å². The zero-order valence-electron chi connectivity index (χ0n) is 14.3. The highest BCUT2D eigenvalue weighted by atomic mass is 16.5. The molecule has 0 unspecified atom stereocenters. The molecule has 0 aliphatic rings. The van der Waals surface area contributed by atoms with E-state index in [9.17, 15) is 4.79 Å². The normalized spacial score (nSPS) is 10.7. The lowest BCUT2D eigenvalue weighted by Gasteiger charge is -2.08. The third-order valence-electron chi connectivity index (χ3n) is 3.50. The lowest BCUT2D eigenvalue weighted by atomic mass is 10.2. The third kappa shape index (κ3) is 4.46. The van der Waals surface area contributed by atoms with Crippen LogP contribution in [-0.2, 0) is 0 Å². The Morgan fingerprint density at radius 1 is 1.22 bits per heavy atom. The highest BCUT2D eigenvalue weighted by Gasteiger charge is 2.06. The van der Waals surface area contributed by atoms with E-state index >= 15 is 0 Å². The van der Waals surface area contributed by atoms with E-state index in [1.807, 2.05) is 6.07 Å². The van der Waals surface area contributed by atoms with E-state index < -0.39 is 0 Å². The van der Waals surface area contributed by atoms with Crippen LogP contribution in [0.15, 0.2) is 54.7 Å². The second-order valence-electron chi connectivity index (χ2n) is 5.28. The molecule has 0 spiro atoms. The number of rotatable bonds is 6. The quantitative estimate of drug-likeness (QED) is 0.575. The van der Waals surface area contributed by atoms with Crippen LogP contribution in [-0.4, -0.2) is 33.6 Å². The molecule has 0 fully saturated rings. The minimum absolute atomic E-state index is 0.179. The summed E-state index contributed by atoms with van der Waals surface area (Å²) in [7, 11) is 1.58. The first kappa shape index (κ1) is 17.6. The van der Waals surface area contributed by atoms with E-state index in [1.165, 1.54) is 6.20 Å². The van der Waals surface area contributed by atoms with E-state index in [4.69, 9.17) is 10.00 Å². The lowest BCUT2D eigenvalue weighted by molar-refractivity contribution is 0.0963. The summed E-state index contributed by atoms with van der Waals surface area (Å²) < 4.78 is 5.77. The molecule has 27 heavy (non-hydrogen) atoms. The van der Waals surface area contributed by atoms with E-state index in [1.54, 1.807) is 55.6 Å². The lowest BCUT2D eigenvalue weighted by Crippen LogP contribution is -2.17. The molecule has 2 aromatic carbocycles. The van der Waals surface area contributed by atoms with Gasteiger partial charge in [-0.15, -0.1) is 10.2 Å². The molecule has 3 aromatic rings. The summed E-state index contributed by atoms with van der Waals surface area (Å²) in [5.74, 6) is 1.19. The highest BCUT2D eigenvalue weighted by Crippen LogP contribution is 2.24. The maximum Gasteiger partial charge on any atom is 0.251 e. The van der Waals surface area contributed by atoms with Crippen molar-refractivity contribution >= 4 is 17.2 Å². The number of amides is 1. The molecule has 1 heterocycles. The molecule has 9 heteroatoms. The molecule has 0 atom stereocenters. The number of hydrogen-bond acceptors (Lipinski definition) is 7. The minimum Gasteiger partial charge on any atom is -0.457 e. The zero-order valence-corrected chi connectivity index (χ0v) is 14.3. The average molecular weight is 361 g/mol. The maximum absolute atomic E-state index is 11.7. The molecule has 3 rings (SSSR count). The number of aromatic amines is 1. The number of carbonyl (C=O) groups excluding carboxylic acids is 1. The Bertz CT molecular complexity index is 989. The number of nitriles is 1. The number of ether oxygens (including phenoxy) is 1. The molecule has 134 valence electrons. The summed E-state index contributed by atoms with van der Waals surface area (Å²) >= 11 is 0. The van der Waals surface area contributed by atoms with Gasteiger partial charge in [-0.25, -0.2) is 0 Å². The molecule has 9 nitrogen and oxygen atoms in total. The summed E-state index contributed by atoms with van der Waals surface area (Å²) in [6.07, 6.45) is 1.49. The Kier molecular flexibility index (Phi) is 5.39. The van der Waals surface area contributed by atoms with E-state index in [-0.39, 0.29) is 17.3 Å². The first-order valence-electron chi connectivity index (χ1n) is 7.90. The number of anilines is 1. The Labute approximate surface area is 154 Å². The van der Waals surface area contributed by atoms with Crippen LogP contribution in [0.5, 0.6) is 11.5 Å². The monoisotopic (exact) mass is 361 g/mol. The van der Waals surface area contributed by atoms with Crippen LogP contribution in [0.4, 0.5) is 5.69 Å². The summed E-state index contributed by atoms with van der Waals surface area (Å²) in [6.45, 7) is 0. The van der Waals surface area contributed by atoms with E-state index in [2.05, 4.69) is 31.3 Å². The number of nitrogens with one attached hydrogen (secondary N) is 3. The van der Waals surface area contributed by atoms with Gasteiger partial charge < -0.3 is 15.4 Å². The molecule has 3 N–H and O–H groups in total. The van der Waals surface area contributed by atoms with Gasteiger partial charge in [0.05, 0.1) is 0 Å². The molecule has 0 aliphatic heterocycles. The van der Waals surface area contributed by atoms with E-state index in [0.29, 0.717) is 17.1 Å². The third-order valence-corrected chi connectivity index (χ3v) is 3.50. The van der Waals surface area contributed by atoms with Crippen molar-refractivity contribution in [1.29, 1.82) is 5.26 Å². The zero-order chi connectivity index (χ0) is 19.1. The van der Waals surface area contributed by atoms with Crippen molar-refractivity contribution in [2.75, 3.05) is 12.4 Å². The number of tetrazole rings is 1. The van der Waals surface area contributed by atoms with Crippen LogP contribution in [0, 0.1) is 11.3 Å². The van der Waals surface area contributed by atoms with Crippen LogP contribution in [0.1, 0.15) is 16.2 Å². The summed E-state index contributed by atoms with van der Waals surface area (Å²) in [6, 6.07) is 16.0. The van der Waals surface area contributed by atoms with Gasteiger partial charge in [0.25, 0.3) is 5.91 Å². The number of allylic oxidation sites excluding steroid dienone is 1. The van der Waals surface area contributed by atoms with Gasteiger partial charge in [-0.3, -0.25) is 4.79 Å². The number of H-pyrrole nitrogens is 1. The van der Waals surface area contributed by atoms with Gasteiger partial charge in [0.2, 0.25) is 5.82 Å². The van der Waals surface area contributed by atoms with Gasteiger partial charge in [0, 0.05) is 24.5 Å². The van der Waals surface area contributed by atoms with Crippen molar-refractivity contribution in [3.63, 3.8) is 0 Å². The minimum atomic E-state index is -0.179. The maximum atomic E-state index is 11.7. The topological polar surface area (TPSA) is 129 Å². The Morgan fingerprint density at radius 2 is 2.04 bits per heavy atom. The fraction of sp³-hybridized carbons (Fsp3) is 0.0556. The largest absolute Gasteiger partial charge is 0.457 e. The molecule has 0 aliphatic carbocycles. The number of carbonyl (C=O) groups is 1. The summed E-state index contributed by atoms with van der Waals surface area (Å²) in [4.78, 5) is 11.7. The standard InChI is InChI=1S/C18H15N7O2/c1-20-18(26)12-3-2-4-16(9-12)27-15-7-5-14(6-8-15)21-11-13(10-19)17-22-24-25-23-17/h2-9,11,21H,1H3,(H,20,26)(H,22,23,24,25). The second-order valence-corrected chi connectivity index (χ2v) is 5.28. The second kappa shape index (κ2) is 8.26. The van der Waals surface area contributed by atoms with Crippen molar-refractivity contribution in [2.24, 2.45) is 0 Å². The molecule has 1 aromatic heterocycles.